The molecule has 1 nitrogen and oxygen atoms in total. The van der Waals surface area contributed by atoms with Crippen LogP contribution in [0, 0.1) is 0 Å². The zero-order valence-corrected chi connectivity index (χ0v) is 23.2. The summed E-state index contributed by atoms with van der Waals surface area (Å²) in [5, 5.41) is 2.74. The Morgan fingerprint density at radius 2 is 1.50 bits per heavy atom. The SMILES string of the molecule is CC1(C)C2=C(C=CCC2)N2c3ccc(-c4cccc5sc6ccccc6c45)cc3C(C)(C)c3cccc1c32. The van der Waals surface area contributed by atoms with Gasteiger partial charge in [-0.25, -0.2) is 0 Å². The molecule has 2 heteroatoms. The summed E-state index contributed by atoms with van der Waals surface area (Å²) in [6, 6.07) is 29.9. The number of benzene rings is 4. The summed E-state index contributed by atoms with van der Waals surface area (Å²) < 4.78 is 2.71. The van der Waals surface area contributed by atoms with Gasteiger partial charge in [0.2, 0.25) is 0 Å². The highest BCUT2D eigenvalue weighted by molar-refractivity contribution is 7.25. The first-order chi connectivity index (χ1) is 18.4. The van der Waals surface area contributed by atoms with Crippen molar-refractivity contribution >= 4 is 42.9 Å². The van der Waals surface area contributed by atoms with Crippen molar-refractivity contribution in [1.29, 1.82) is 0 Å². The number of para-hydroxylation sites is 1. The first-order valence-electron chi connectivity index (χ1n) is 13.8. The lowest BCUT2D eigenvalue weighted by Gasteiger charge is -2.50. The minimum absolute atomic E-state index is 0.0328. The molecule has 0 bridgehead atoms. The quantitative estimate of drug-likeness (QED) is 0.217. The average Bonchev–Trinajstić information content (AvgIpc) is 3.32. The second kappa shape index (κ2) is 7.48. The smallest absolute Gasteiger partial charge is 0.0543 e. The highest BCUT2D eigenvalue weighted by atomic mass is 32.1. The normalized spacial score (nSPS) is 18.5. The van der Waals surface area contributed by atoms with E-state index in [2.05, 4.69) is 124 Å². The van der Waals surface area contributed by atoms with E-state index in [0.717, 1.165) is 12.8 Å². The van der Waals surface area contributed by atoms with Gasteiger partial charge in [0.25, 0.3) is 0 Å². The number of rotatable bonds is 1. The molecule has 186 valence electrons. The second-order valence-corrected chi connectivity index (χ2v) is 13.2. The maximum atomic E-state index is 2.59. The van der Waals surface area contributed by atoms with Gasteiger partial charge in [-0.15, -0.1) is 11.3 Å². The largest absolute Gasteiger partial charge is 0.310 e. The van der Waals surface area contributed by atoms with E-state index in [-0.39, 0.29) is 10.8 Å². The van der Waals surface area contributed by atoms with Crippen LogP contribution in [0.5, 0.6) is 0 Å². The number of hydrogen-bond acceptors (Lipinski definition) is 2. The predicted octanol–water partition coefficient (Wildman–Crippen LogP) is 10.4. The maximum absolute atomic E-state index is 2.59. The lowest BCUT2D eigenvalue weighted by Crippen LogP contribution is -2.40. The van der Waals surface area contributed by atoms with E-state index in [1.807, 2.05) is 11.3 Å². The number of nitrogens with zero attached hydrogens (tertiary/aromatic N) is 1. The van der Waals surface area contributed by atoms with Crippen molar-refractivity contribution in [2.24, 2.45) is 0 Å². The van der Waals surface area contributed by atoms with Crippen LogP contribution >= 0.6 is 11.3 Å². The molecule has 3 heterocycles. The highest BCUT2D eigenvalue weighted by Crippen LogP contribution is 2.59. The first kappa shape index (κ1) is 22.4. The predicted molar refractivity (Wildman–Crippen MR) is 164 cm³/mol. The van der Waals surface area contributed by atoms with E-state index in [1.54, 1.807) is 5.57 Å². The van der Waals surface area contributed by atoms with Crippen molar-refractivity contribution in [3.8, 4) is 11.1 Å². The molecule has 0 radical (unpaired) electrons. The Hall–Kier alpha value is -3.62. The molecule has 0 N–H and O–H groups in total. The molecule has 5 aromatic rings. The van der Waals surface area contributed by atoms with Crippen LogP contribution in [0.15, 0.2) is 102 Å². The van der Waals surface area contributed by atoms with Crippen LogP contribution in [0.2, 0.25) is 0 Å². The van der Waals surface area contributed by atoms with Crippen molar-refractivity contribution in [1.82, 2.24) is 0 Å². The van der Waals surface area contributed by atoms with Gasteiger partial charge in [-0.1, -0.05) is 88.4 Å². The third kappa shape index (κ3) is 2.77. The van der Waals surface area contributed by atoms with Crippen molar-refractivity contribution in [3.05, 3.63) is 119 Å². The van der Waals surface area contributed by atoms with Crippen molar-refractivity contribution in [2.75, 3.05) is 4.90 Å². The van der Waals surface area contributed by atoms with Crippen molar-refractivity contribution < 1.29 is 0 Å². The van der Waals surface area contributed by atoms with Crippen LogP contribution in [0.1, 0.15) is 57.2 Å². The van der Waals surface area contributed by atoms with E-state index in [0.29, 0.717) is 0 Å². The lowest BCUT2D eigenvalue weighted by molar-refractivity contribution is 0.555. The zero-order valence-electron chi connectivity index (χ0n) is 22.4. The third-order valence-corrected chi connectivity index (χ3v) is 10.5. The molecule has 0 saturated carbocycles. The fourth-order valence-electron chi connectivity index (χ4n) is 7.38. The van der Waals surface area contributed by atoms with E-state index < -0.39 is 0 Å². The molecule has 2 aliphatic heterocycles. The molecular weight excluding hydrogens is 478 g/mol. The van der Waals surface area contributed by atoms with Crippen LogP contribution in [0.3, 0.4) is 0 Å². The summed E-state index contributed by atoms with van der Waals surface area (Å²) >= 11 is 1.89. The molecule has 1 aromatic heterocycles. The van der Waals surface area contributed by atoms with E-state index in [9.17, 15) is 0 Å². The van der Waals surface area contributed by atoms with Crippen LogP contribution in [0.4, 0.5) is 11.4 Å². The van der Waals surface area contributed by atoms with Gasteiger partial charge in [0.15, 0.2) is 0 Å². The second-order valence-electron chi connectivity index (χ2n) is 12.1. The van der Waals surface area contributed by atoms with E-state index >= 15 is 0 Å². The number of anilines is 2. The van der Waals surface area contributed by atoms with Crippen LogP contribution in [-0.4, -0.2) is 0 Å². The fourth-order valence-corrected chi connectivity index (χ4v) is 8.51. The molecule has 4 aromatic carbocycles. The summed E-state index contributed by atoms with van der Waals surface area (Å²) in [4.78, 5) is 2.59. The number of thiophene rings is 1. The van der Waals surface area contributed by atoms with Gasteiger partial charge in [-0.05, 0) is 76.6 Å². The van der Waals surface area contributed by atoms with Crippen molar-refractivity contribution in [3.63, 3.8) is 0 Å². The highest BCUT2D eigenvalue weighted by Gasteiger charge is 2.46. The van der Waals surface area contributed by atoms with Crippen LogP contribution in [0.25, 0.3) is 31.3 Å². The Labute approximate surface area is 228 Å². The topological polar surface area (TPSA) is 3.24 Å². The van der Waals surface area contributed by atoms with Gasteiger partial charge < -0.3 is 4.90 Å². The molecular formula is C36H31NS. The molecule has 38 heavy (non-hydrogen) atoms. The van der Waals surface area contributed by atoms with Gasteiger partial charge in [-0.3, -0.25) is 0 Å². The van der Waals surface area contributed by atoms with Crippen LogP contribution in [-0.2, 0) is 10.8 Å². The summed E-state index contributed by atoms with van der Waals surface area (Å²) in [5.41, 5.74) is 12.5. The zero-order chi connectivity index (χ0) is 25.8. The fraction of sp³-hybridized carbons (Fsp3) is 0.222. The molecule has 0 unspecified atom stereocenters. The Balaban J connectivity index is 1.41. The maximum Gasteiger partial charge on any atom is 0.0543 e. The Morgan fingerprint density at radius 3 is 2.37 bits per heavy atom. The molecule has 0 saturated heterocycles. The molecule has 3 aliphatic rings. The van der Waals surface area contributed by atoms with Crippen LogP contribution < -0.4 is 4.90 Å². The number of allylic oxidation sites excluding steroid dienone is 3. The Morgan fingerprint density at radius 1 is 0.737 bits per heavy atom. The van der Waals surface area contributed by atoms with Gasteiger partial charge in [-0.2, -0.15) is 0 Å². The average molecular weight is 510 g/mol. The molecule has 0 atom stereocenters. The van der Waals surface area contributed by atoms with Gasteiger partial charge in [0, 0.05) is 36.7 Å². The standard InChI is InChI=1S/C36H31NS/c1-35(2)25-13-6-7-16-29(25)37-30-20-19-22(21-28(30)36(3,4)27-15-10-14-26(35)34(27)37)23-12-9-18-32-33(23)24-11-5-8-17-31(24)38-32/h5,7-12,14-21H,6,13H2,1-4H3. The van der Waals surface area contributed by atoms with Gasteiger partial charge >= 0.3 is 0 Å². The summed E-state index contributed by atoms with van der Waals surface area (Å²) in [5.74, 6) is 0. The monoisotopic (exact) mass is 509 g/mol. The van der Waals surface area contributed by atoms with Gasteiger partial charge in [0.05, 0.1) is 11.4 Å². The van der Waals surface area contributed by atoms with E-state index in [1.165, 1.54) is 65.1 Å². The Bertz CT molecular complexity index is 1880. The minimum atomic E-state index is -0.107. The minimum Gasteiger partial charge on any atom is -0.310 e. The molecule has 0 amide bonds. The van der Waals surface area contributed by atoms with E-state index in [4.69, 9.17) is 0 Å². The Kier molecular flexibility index (Phi) is 4.41. The molecule has 0 spiro atoms. The molecule has 1 aliphatic carbocycles. The summed E-state index contributed by atoms with van der Waals surface area (Å²) in [7, 11) is 0. The first-order valence-corrected chi connectivity index (χ1v) is 14.6. The lowest BCUT2D eigenvalue weighted by atomic mass is 9.65. The molecule has 0 fully saturated rings. The van der Waals surface area contributed by atoms with Gasteiger partial charge in [0.1, 0.15) is 0 Å². The number of hydrogen-bond donors (Lipinski definition) is 0. The number of fused-ring (bicyclic) bond motifs is 6. The molecule has 8 rings (SSSR count). The summed E-state index contributed by atoms with van der Waals surface area (Å²) in [6.45, 7) is 9.67. The third-order valence-electron chi connectivity index (χ3n) is 9.37. The summed E-state index contributed by atoms with van der Waals surface area (Å²) in [6.07, 6.45) is 7.00. The van der Waals surface area contributed by atoms with Crippen molar-refractivity contribution in [2.45, 2.75) is 51.4 Å².